The molecule has 1 fully saturated rings. The fraction of sp³-hybridized carbons (Fsp3) is 0.588. The maximum Gasteiger partial charge on any atom is 0.221 e. The van der Waals surface area contributed by atoms with Gasteiger partial charge in [-0.05, 0) is 43.2 Å². The first-order valence-electron chi connectivity index (χ1n) is 7.77. The third-order valence-corrected chi connectivity index (χ3v) is 4.30. The fourth-order valence-electron chi connectivity index (χ4n) is 2.89. The molecule has 4 nitrogen and oxygen atoms in total. The van der Waals surface area contributed by atoms with Crippen LogP contribution in [0.3, 0.4) is 0 Å². The number of hydrogen-bond donors (Lipinski definition) is 3. The van der Waals surface area contributed by atoms with E-state index in [9.17, 15) is 9.90 Å². The standard InChI is InChI=1S/C17H26N2O2/c1-13-7-9-17(21,10-8-13)12-18-11-15-5-3-4-6-16(15)19-14(2)20/h3-6,13,18,21H,7-12H2,1-2H3,(H,19,20). The number of carbonyl (C=O) groups is 1. The Morgan fingerprint density at radius 3 is 2.67 bits per heavy atom. The molecule has 0 aliphatic heterocycles. The third-order valence-electron chi connectivity index (χ3n) is 4.30. The van der Waals surface area contributed by atoms with E-state index in [4.69, 9.17) is 0 Å². The van der Waals surface area contributed by atoms with Crippen LogP contribution in [0, 0.1) is 5.92 Å². The van der Waals surface area contributed by atoms with Crippen LogP contribution in [0.15, 0.2) is 24.3 Å². The molecule has 0 unspecified atom stereocenters. The first-order chi connectivity index (χ1) is 9.98. The number of anilines is 1. The molecule has 1 aromatic carbocycles. The van der Waals surface area contributed by atoms with E-state index in [1.807, 2.05) is 24.3 Å². The van der Waals surface area contributed by atoms with Crippen LogP contribution >= 0.6 is 0 Å². The maximum atomic E-state index is 11.2. The second-order valence-electron chi connectivity index (χ2n) is 6.35. The van der Waals surface area contributed by atoms with Crippen molar-refractivity contribution in [2.24, 2.45) is 5.92 Å². The van der Waals surface area contributed by atoms with Gasteiger partial charge in [0.1, 0.15) is 0 Å². The number of benzene rings is 1. The Hall–Kier alpha value is -1.39. The predicted molar refractivity (Wildman–Crippen MR) is 85.0 cm³/mol. The molecule has 1 aromatic rings. The molecule has 0 spiro atoms. The van der Waals surface area contributed by atoms with Gasteiger partial charge < -0.3 is 15.7 Å². The fourth-order valence-corrected chi connectivity index (χ4v) is 2.89. The van der Waals surface area contributed by atoms with Crippen LogP contribution in [0.1, 0.15) is 45.1 Å². The molecular weight excluding hydrogens is 264 g/mol. The SMILES string of the molecule is CC(=O)Nc1ccccc1CNCC1(O)CCC(C)CC1. The summed E-state index contributed by atoms with van der Waals surface area (Å²) in [6, 6.07) is 7.75. The number of amides is 1. The zero-order valence-corrected chi connectivity index (χ0v) is 13.0. The van der Waals surface area contributed by atoms with Gasteiger partial charge in [-0.3, -0.25) is 4.79 Å². The summed E-state index contributed by atoms with van der Waals surface area (Å²) in [6.07, 6.45) is 3.93. The number of nitrogens with one attached hydrogen (secondary N) is 2. The summed E-state index contributed by atoms with van der Waals surface area (Å²) in [4.78, 5) is 11.2. The largest absolute Gasteiger partial charge is 0.389 e. The molecule has 21 heavy (non-hydrogen) atoms. The highest BCUT2D eigenvalue weighted by Gasteiger charge is 2.31. The van der Waals surface area contributed by atoms with E-state index >= 15 is 0 Å². The number of aliphatic hydroxyl groups is 1. The topological polar surface area (TPSA) is 61.4 Å². The molecule has 0 heterocycles. The van der Waals surface area contributed by atoms with Gasteiger partial charge in [0.2, 0.25) is 5.91 Å². The third kappa shape index (κ3) is 4.83. The lowest BCUT2D eigenvalue weighted by Crippen LogP contribution is -2.43. The van der Waals surface area contributed by atoms with Gasteiger partial charge in [0.15, 0.2) is 0 Å². The highest BCUT2D eigenvalue weighted by atomic mass is 16.3. The minimum absolute atomic E-state index is 0.0673. The molecule has 0 radical (unpaired) electrons. The second-order valence-corrected chi connectivity index (χ2v) is 6.35. The van der Waals surface area contributed by atoms with Crippen molar-refractivity contribution < 1.29 is 9.90 Å². The monoisotopic (exact) mass is 290 g/mol. The summed E-state index contributed by atoms with van der Waals surface area (Å²) in [5.74, 6) is 0.660. The minimum atomic E-state index is -0.574. The van der Waals surface area contributed by atoms with Crippen LogP contribution in [0.5, 0.6) is 0 Å². The van der Waals surface area contributed by atoms with Crippen molar-refractivity contribution in [3.05, 3.63) is 29.8 Å². The summed E-state index contributed by atoms with van der Waals surface area (Å²) < 4.78 is 0. The van der Waals surface area contributed by atoms with Gasteiger partial charge in [0.05, 0.1) is 5.60 Å². The molecule has 1 aliphatic rings. The van der Waals surface area contributed by atoms with E-state index in [-0.39, 0.29) is 5.91 Å². The summed E-state index contributed by atoms with van der Waals surface area (Å²) >= 11 is 0. The molecule has 2 rings (SSSR count). The molecule has 3 N–H and O–H groups in total. The molecule has 0 saturated heterocycles. The van der Waals surface area contributed by atoms with E-state index in [0.717, 1.165) is 42.9 Å². The lowest BCUT2D eigenvalue weighted by atomic mass is 9.79. The van der Waals surface area contributed by atoms with E-state index < -0.39 is 5.60 Å². The van der Waals surface area contributed by atoms with E-state index in [1.165, 1.54) is 6.92 Å². The summed E-state index contributed by atoms with van der Waals surface area (Å²) in [5.41, 5.74) is 1.30. The van der Waals surface area contributed by atoms with Crippen LogP contribution < -0.4 is 10.6 Å². The van der Waals surface area contributed by atoms with Crippen molar-refractivity contribution in [1.82, 2.24) is 5.32 Å². The average Bonchev–Trinajstić information content (AvgIpc) is 2.44. The molecule has 116 valence electrons. The highest BCUT2D eigenvalue weighted by Crippen LogP contribution is 2.31. The van der Waals surface area contributed by atoms with Crippen molar-refractivity contribution >= 4 is 11.6 Å². The lowest BCUT2D eigenvalue weighted by Gasteiger charge is -2.35. The van der Waals surface area contributed by atoms with Crippen molar-refractivity contribution in [2.75, 3.05) is 11.9 Å². The first-order valence-corrected chi connectivity index (χ1v) is 7.77. The zero-order valence-electron chi connectivity index (χ0n) is 13.0. The summed E-state index contributed by atoms with van der Waals surface area (Å²) in [6.45, 7) is 5.01. The maximum absolute atomic E-state index is 11.2. The van der Waals surface area contributed by atoms with Gasteiger partial charge in [0, 0.05) is 25.7 Å². The molecule has 0 bridgehead atoms. The molecule has 1 aliphatic carbocycles. The molecule has 1 saturated carbocycles. The number of hydrogen-bond acceptors (Lipinski definition) is 3. The van der Waals surface area contributed by atoms with E-state index in [0.29, 0.717) is 13.1 Å². The summed E-state index contributed by atoms with van der Waals surface area (Å²) in [7, 11) is 0. The van der Waals surface area contributed by atoms with Crippen molar-refractivity contribution in [3.8, 4) is 0 Å². The van der Waals surface area contributed by atoms with Gasteiger partial charge >= 0.3 is 0 Å². The number of carbonyl (C=O) groups excluding carboxylic acids is 1. The van der Waals surface area contributed by atoms with Crippen molar-refractivity contribution in [1.29, 1.82) is 0 Å². The Balaban J connectivity index is 1.87. The van der Waals surface area contributed by atoms with Crippen LogP contribution in [0.2, 0.25) is 0 Å². The molecule has 4 heteroatoms. The molecular formula is C17H26N2O2. The smallest absolute Gasteiger partial charge is 0.221 e. The minimum Gasteiger partial charge on any atom is -0.389 e. The summed E-state index contributed by atoms with van der Waals surface area (Å²) in [5, 5.41) is 16.7. The Labute approximate surface area is 126 Å². The van der Waals surface area contributed by atoms with Gasteiger partial charge in [0.25, 0.3) is 0 Å². The predicted octanol–water partition coefficient (Wildman–Crippen LogP) is 2.68. The van der Waals surface area contributed by atoms with E-state index in [1.54, 1.807) is 0 Å². The quantitative estimate of drug-likeness (QED) is 0.781. The van der Waals surface area contributed by atoms with Crippen LogP contribution in [-0.4, -0.2) is 23.2 Å². The normalized spacial score (nSPS) is 25.6. The lowest BCUT2D eigenvalue weighted by molar-refractivity contribution is -0.114. The Bertz CT molecular complexity index is 479. The van der Waals surface area contributed by atoms with E-state index in [2.05, 4.69) is 17.6 Å². The van der Waals surface area contributed by atoms with Gasteiger partial charge in [-0.2, -0.15) is 0 Å². The van der Waals surface area contributed by atoms with Crippen LogP contribution in [0.4, 0.5) is 5.69 Å². The molecule has 1 amide bonds. The van der Waals surface area contributed by atoms with Crippen molar-refractivity contribution in [2.45, 2.75) is 51.7 Å². The zero-order chi connectivity index (χ0) is 15.3. The Morgan fingerprint density at radius 2 is 2.00 bits per heavy atom. The second kappa shape index (κ2) is 7.05. The van der Waals surface area contributed by atoms with Gasteiger partial charge in [-0.1, -0.05) is 25.1 Å². The Kier molecular flexibility index (Phi) is 5.37. The average molecular weight is 290 g/mol. The van der Waals surface area contributed by atoms with Gasteiger partial charge in [-0.25, -0.2) is 0 Å². The first kappa shape index (κ1) is 16.0. The van der Waals surface area contributed by atoms with Crippen LogP contribution in [0.25, 0.3) is 0 Å². The number of para-hydroxylation sites is 1. The molecule has 0 atom stereocenters. The Morgan fingerprint density at radius 1 is 1.33 bits per heavy atom. The van der Waals surface area contributed by atoms with Crippen LogP contribution in [-0.2, 0) is 11.3 Å². The number of rotatable bonds is 5. The van der Waals surface area contributed by atoms with Gasteiger partial charge in [-0.15, -0.1) is 0 Å². The van der Waals surface area contributed by atoms with Crippen molar-refractivity contribution in [3.63, 3.8) is 0 Å². The molecule has 0 aromatic heterocycles. The highest BCUT2D eigenvalue weighted by molar-refractivity contribution is 5.89.